The van der Waals surface area contributed by atoms with Crippen LogP contribution in [0.2, 0.25) is 0 Å². The molecule has 7 heteroatoms. The maximum atomic E-state index is 5.56. The Kier molecular flexibility index (Phi) is 2.69. The van der Waals surface area contributed by atoms with E-state index >= 15 is 0 Å². The molecule has 2 aromatic rings. The number of H-pyrrole nitrogens is 1. The van der Waals surface area contributed by atoms with Crippen LogP contribution in [0.3, 0.4) is 0 Å². The molecule has 0 saturated carbocycles. The lowest BCUT2D eigenvalue weighted by atomic mass is 10.6. The van der Waals surface area contributed by atoms with E-state index in [1.165, 1.54) is 11.8 Å². The molecule has 5 nitrogen and oxygen atoms in total. The first kappa shape index (κ1) is 9.47. The lowest BCUT2D eigenvalue weighted by Crippen LogP contribution is -1.94. The van der Waals surface area contributed by atoms with Gasteiger partial charge >= 0.3 is 0 Å². The van der Waals surface area contributed by atoms with Crippen LogP contribution in [-0.4, -0.2) is 19.9 Å². The summed E-state index contributed by atoms with van der Waals surface area (Å²) in [6, 6.07) is 1.65. The molecule has 0 bridgehead atoms. The molecule has 0 aliphatic heterocycles. The fraction of sp³-hybridized carbons (Fsp3) is 0. The minimum absolute atomic E-state index is 0.431. The van der Waals surface area contributed by atoms with E-state index < -0.39 is 0 Å². The third kappa shape index (κ3) is 2.24. The van der Waals surface area contributed by atoms with Gasteiger partial charge in [0, 0.05) is 18.5 Å². The summed E-state index contributed by atoms with van der Waals surface area (Å²) in [6.45, 7) is 0. The van der Waals surface area contributed by atoms with E-state index in [4.69, 9.17) is 5.73 Å². The number of imidazole rings is 1. The highest BCUT2D eigenvalue weighted by Gasteiger charge is 2.04. The number of rotatable bonds is 2. The van der Waals surface area contributed by atoms with E-state index in [0.29, 0.717) is 15.6 Å². The fourth-order valence-electron chi connectivity index (χ4n) is 0.852. The minimum Gasteiger partial charge on any atom is -0.384 e. The summed E-state index contributed by atoms with van der Waals surface area (Å²) in [6.07, 6.45) is 3.41. The quantitative estimate of drug-likeness (QED) is 0.642. The molecule has 2 aromatic heterocycles. The maximum Gasteiger partial charge on any atom is 0.198 e. The molecule has 72 valence electrons. The molecule has 0 atom stereocenters. The van der Waals surface area contributed by atoms with Crippen molar-refractivity contribution < 1.29 is 0 Å². The zero-order valence-electron chi connectivity index (χ0n) is 6.94. The van der Waals surface area contributed by atoms with Crippen LogP contribution in [0.15, 0.2) is 33.4 Å². The summed E-state index contributed by atoms with van der Waals surface area (Å²) in [5.74, 6) is 0.431. The Morgan fingerprint density at radius 3 is 2.93 bits per heavy atom. The fourth-order valence-corrected chi connectivity index (χ4v) is 2.08. The van der Waals surface area contributed by atoms with Crippen molar-refractivity contribution in [3.63, 3.8) is 0 Å². The lowest BCUT2D eigenvalue weighted by Gasteiger charge is -1.98. The normalized spacial score (nSPS) is 10.4. The highest BCUT2D eigenvalue weighted by molar-refractivity contribution is 9.10. The van der Waals surface area contributed by atoms with E-state index in [0.717, 1.165) is 5.16 Å². The first-order chi connectivity index (χ1) is 6.74. The molecule has 14 heavy (non-hydrogen) atoms. The van der Waals surface area contributed by atoms with Crippen molar-refractivity contribution in [3.05, 3.63) is 23.1 Å². The van der Waals surface area contributed by atoms with Gasteiger partial charge in [0.1, 0.15) is 10.4 Å². The predicted molar refractivity (Wildman–Crippen MR) is 56.9 cm³/mol. The van der Waals surface area contributed by atoms with Gasteiger partial charge in [-0.3, -0.25) is 0 Å². The molecule has 0 aliphatic rings. The number of hydrogen-bond acceptors (Lipinski definition) is 5. The number of hydrogen-bond donors (Lipinski definition) is 2. The minimum atomic E-state index is 0.431. The van der Waals surface area contributed by atoms with Crippen LogP contribution in [0, 0.1) is 0 Å². The van der Waals surface area contributed by atoms with Crippen molar-refractivity contribution in [1.82, 2.24) is 19.9 Å². The number of nitrogens with zero attached hydrogens (tertiary/aromatic N) is 3. The monoisotopic (exact) mass is 271 g/mol. The standard InChI is InChI=1S/C7H6BrN5S/c8-4-3-5(9)13-7(12-4)14-6-10-1-2-11-6/h1-3H,(H,10,11)(H2,9,12,13). The van der Waals surface area contributed by atoms with E-state index in [-0.39, 0.29) is 0 Å². The largest absolute Gasteiger partial charge is 0.384 e. The second-order valence-corrected chi connectivity index (χ2v) is 4.16. The molecular weight excluding hydrogens is 266 g/mol. The van der Waals surface area contributed by atoms with E-state index in [9.17, 15) is 0 Å². The van der Waals surface area contributed by atoms with Gasteiger partial charge in [-0.1, -0.05) is 0 Å². The molecule has 0 radical (unpaired) electrons. The summed E-state index contributed by atoms with van der Waals surface area (Å²) >= 11 is 4.57. The molecule has 0 aromatic carbocycles. The number of aromatic amines is 1. The van der Waals surface area contributed by atoms with Crippen LogP contribution in [-0.2, 0) is 0 Å². The number of nitrogens with two attached hydrogens (primary N) is 1. The van der Waals surface area contributed by atoms with Crippen LogP contribution < -0.4 is 5.73 Å². The van der Waals surface area contributed by atoms with Crippen molar-refractivity contribution in [2.45, 2.75) is 10.3 Å². The van der Waals surface area contributed by atoms with Crippen LogP contribution in [0.5, 0.6) is 0 Å². The molecule has 0 spiro atoms. The van der Waals surface area contributed by atoms with Crippen LogP contribution in [0.1, 0.15) is 0 Å². The summed E-state index contributed by atoms with van der Waals surface area (Å²) in [5.41, 5.74) is 5.56. The summed E-state index contributed by atoms with van der Waals surface area (Å²) < 4.78 is 0.666. The zero-order valence-corrected chi connectivity index (χ0v) is 9.34. The average molecular weight is 272 g/mol. The van der Waals surface area contributed by atoms with Crippen molar-refractivity contribution in [1.29, 1.82) is 0 Å². The molecule has 3 N–H and O–H groups in total. The molecule has 0 aliphatic carbocycles. The van der Waals surface area contributed by atoms with E-state index in [1.54, 1.807) is 18.5 Å². The maximum absolute atomic E-state index is 5.56. The molecule has 2 rings (SSSR count). The Morgan fingerprint density at radius 1 is 1.43 bits per heavy atom. The van der Waals surface area contributed by atoms with Crippen molar-refractivity contribution in [2.75, 3.05) is 5.73 Å². The first-order valence-corrected chi connectivity index (χ1v) is 5.32. The van der Waals surface area contributed by atoms with Gasteiger partial charge < -0.3 is 10.7 Å². The Balaban J connectivity index is 2.25. The summed E-state index contributed by atoms with van der Waals surface area (Å²) in [4.78, 5) is 15.2. The van der Waals surface area contributed by atoms with Crippen molar-refractivity contribution >= 4 is 33.5 Å². The third-order valence-electron chi connectivity index (χ3n) is 1.36. The number of halogens is 1. The Labute approximate surface area is 92.7 Å². The van der Waals surface area contributed by atoms with Crippen LogP contribution >= 0.6 is 27.7 Å². The van der Waals surface area contributed by atoms with Gasteiger partial charge in [-0.2, -0.15) is 0 Å². The number of nitrogens with one attached hydrogen (secondary N) is 1. The molecular formula is C7H6BrN5S. The second kappa shape index (κ2) is 3.97. The van der Waals surface area contributed by atoms with Crippen molar-refractivity contribution in [3.8, 4) is 0 Å². The SMILES string of the molecule is Nc1cc(Br)nc(Sc2ncc[nH]2)n1. The third-order valence-corrected chi connectivity index (χ3v) is 2.54. The average Bonchev–Trinajstić information content (AvgIpc) is 2.54. The predicted octanol–water partition coefficient (Wildman–Crippen LogP) is 1.70. The van der Waals surface area contributed by atoms with Gasteiger partial charge in [0.2, 0.25) is 0 Å². The van der Waals surface area contributed by atoms with E-state index in [1.807, 2.05) is 0 Å². The van der Waals surface area contributed by atoms with E-state index in [2.05, 4.69) is 35.9 Å². The second-order valence-electron chi connectivity index (χ2n) is 2.39. The zero-order chi connectivity index (χ0) is 9.97. The highest BCUT2D eigenvalue weighted by atomic mass is 79.9. The first-order valence-electron chi connectivity index (χ1n) is 3.71. The topological polar surface area (TPSA) is 80.5 Å². The molecule has 0 saturated heterocycles. The van der Waals surface area contributed by atoms with Gasteiger partial charge in [0.05, 0.1) is 0 Å². The highest BCUT2D eigenvalue weighted by Crippen LogP contribution is 2.22. The van der Waals surface area contributed by atoms with Gasteiger partial charge in [0.25, 0.3) is 0 Å². The molecule has 2 heterocycles. The smallest absolute Gasteiger partial charge is 0.198 e. The Bertz CT molecular complexity index is 409. The Morgan fingerprint density at radius 2 is 2.29 bits per heavy atom. The lowest BCUT2D eigenvalue weighted by molar-refractivity contribution is 0.943. The van der Waals surface area contributed by atoms with Crippen LogP contribution in [0.25, 0.3) is 0 Å². The number of anilines is 1. The van der Waals surface area contributed by atoms with Gasteiger partial charge in [0.15, 0.2) is 10.3 Å². The van der Waals surface area contributed by atoms with Crippen molar-refractivity contribution in [2.24, 2.45) is 0 Å². The Hall–Kier alpha value is -1.08. The number of aromatic nitrogens is 4. The summed E-state index contributed by atoms with van der Waals surface area (Å²) in [5, 5.41) is 1.30. The molecule has 0 unspecified atom stereocenters. The summed E-state index contributed by atoms with van der Waals surface area (Å²) in [7, 11) is 0. The van der Waals surface area contributed by atoms with Gasteiger partial charge in [-0.25, -0.2) is 15.0 Å². The molecule has 0 fully saturated rings. The van der Waals surface area contributed by atoms with Gasteiger partial charge in [-0.15, -0.1) is 0 Å². The number of nitrogen functional groups attached to an aromatic ring is 1. The van der Waals surface area contributed by atoms with Crippen LogP contribution in [0.4, 0.5) is 5.82 Å². The molecule has 0 amide bonds. The van der Waals surface area contributed by atoms with Gasteiger partial charge in [-0.05, 0) is 27.7 Å².